The summed E-state index contributed by atoms with van der Waals surface area (Å²) in [5, 5.41) is 17.6. The molecule has 198 valence electrons. The van der Waals surface area contributed by atoms with Crippen LogP contribution in [0.4, 0.5) is 5.69 Å². The Morgan fingerprint density at radius 1 is 1.18 bits per heavy atom. The van der Waals surface area contributed by atoms with Crippen LogP contribution >= 0.6 is 0 Å². The number of hydrogen-bond acceptors (Lipinski definition) is 5. The number of anilines is 1. The second-order valence-corrected chi connectivity index (χ2v) is 9.78. The molecule has 0 radical (unpaired) electrons. The highest BCUT2D eigenvalue weighted by Gasteiger charge is 2.28. The topological polar surface area (TPSA) is 104 Å². The predicted molar refractivity (Wildman–Crippen MR) is 153 cm³/mol. The molecule has 2 aromatic carbocycles. The highest BCUT2D eigenvalue weighted by atomic mass is 16.5. The molecule has 8 nitrogen and oxygen atoms in total. The third-order valence-electron chi connectivity index (χ3n) is 7.52. The molecule has 1 aliphatic heterocycles. The summed E-state index contributed by atoms with van der Waals surface area (Å²) in [6.07, 6.45) is 5.00. The number of aromatic amines is 1. The van der Waals surface area contributed by atoms with Crippen LogP contribution in [0.2, 0.25) is 0 Å². The number of methoxy groups -OCH3 is 1. The van der Waals surface area contributed by atoms with Gasteiger partial charge in [-0.05, 0) is 60.4 Å². The molecule has 0 bridgehead atoms. The molecule has 4 N–H and O–H groups in total. The van der Waals surface area contributed by atoms with E-state index in [0.717, 1.165) is 57.0 Å². The third kappa shape index (κ3) is 4.42. The largest absolute Gasteiger partial charge is 0.495 e. The van der Waals surface area contributed by atoms with Gasteiger partial charge in [0, 0.05) is 48.1 Å². The molecule has 39 heavy (non-hydrogen) atoms. The van der Waals surface area contributed by atoms with E-state index < -0.39 is 6.04 Å². The molecule has 0 aliphatic carbocycles. The number of aromatic nitrogens is 3. The van der Waals surface area contributed by atoms with Crippen LogP contribution in [0.3, 0.4) is 0 Å². The molecule has 6 rings (SSSR count). The molecule has 0 spiro atoms. The van der Waals surface area contributed by atoms with E-state index in [2.05, 4.69) is 37.3 Å². The number of aliphatic hydroxyl groups is 1. The summed E-state index contributed by atoms with van der Waals surface area (Å²) in [5.74, 6) is 0.558. The molecular weight excluding hydrogens is 490 g/mol. The maximum Gasteiger partial charge on any atom is 0.253 e. The van der Waals surface area contributed by atoms with E-state index in [-0.39, 0.29) is 12.5 Å². The van der Waals surface area contributed by atoms with Crippen LogP contribution in [0, 0.1) is 0 Å². The molecular formula is C31H31N5O3. The third-order valence-corrected chi connectivity index (χ3v) is 7.52. The zero-order chi connectivity index (χ0) is 26.9. The predicted octanol–water partition coefficient (Wildman–Crippen LogP) is 4.64. The van der Waals surface area contributed by atoms with Gasteiger partial charge < -0.3 is 30.0 Å². The average molecular weight is 522 g/mol. The molecule has 4 heterocycles. The number of benzene rings is 2. The highest BCUT2D eigenvalue weighted by molar-refractivity contribution is 6.02. The molecule has 0 fully saturated rings. The lowest BCUT2D eigenvalue weighted by molar-refractivity contribution is 0.0917. The first-order valence-electron chi connectivity index (χ1n) is 13.1. The van der Waals surface area contributed by atoms with Crippen LogP contribution in [0.5, 0.6) is 5.75 Å². The lowest BCUT2D eigenvalue weighted by Crippen LogP contribution is -2.39. The number of aryl methyl sites for hydroxylation is 1. The Kier molecular flexibility index (Phi) is 6.54. The Balaban J connectivity index is 1.39. The summed E-state index contributed by atoms with van der Waals surface area (Å²) in [6.45, 7) is 0.536. The number of hydrogen-bond donors (Lipinski definition) is 4. The van der Waals surface area contributed by atoms with Crippen molar-refractivity contribution in [2.24, 2.45) is 0 Å². The van der Waals surface area contributed by atoms with Crippen molar-refractivity contribution >= 4 is 22.5 Å². The van der Waals surface area contributed by atoms with Crippen molar-refractivity contribution in [1.82, 2.24) is 19.9 Å². The summed E-state index contributed by atoms with van der Waals surface area (Å²) in [4.78, 5) is 21.7. The van der Waals surface area contributed by atoms with Crippen LogP contribution in [0.1, 0.15) is 21.5 Å². The minimum atomic E-state index is -0.447. The average Bonchev–Trinajstić information content (AvgIpc) is 3.58. The number of para-hydroxylation sites is 1. The number of ether oxygens (including phenoxy) is 1. The lowest BCUT2D eigenvalue weighted by Gasteiger charge is -2.23. The van der Waals surface area contributed by atoms with Gasteiger partial charge in [-0.25, -0.2) is 0 Å². The van der Waals surface area contributed by atoms with Crippen LogP contribution in [-0.2, 0) is 19.4 Å². The van der Waals surface area contributed by atoms with Crippen molar-refractivity contribution in [3.8, 4) is 28.4 Å². The fraction of sp³-hybridized carbons (Fsp3) is 0.226. The van der Waals surface area contributed by atoms with E-state index in [0.29, 0.717) is 18.5 Å². The maximum absolute atomic E-state index is 13.9. The molecule has 0 saturated heterocycles. The number of carbonyl (C=O) groups is 1. The quantitative estimate of drug-likeness (QED) is 0.238. The molecule has 0 saturated carbocycles. The van der Waals surface area contributed by atoms with Gasteiger partial charge in [-0.15, -0.1) is 0 Å². The van der Waals surface area contributed by atoms with E-state index in [9.17, 15) is 9.90 Å². The fourth-order valence-electron chi connectivity index (χ4n) is 5.61. The van der Waals surface area contributed by atoms with Crippen LogP contribution in [0.15, 0.2) is 73.1 Å². The zero-order valence-electron chi connectivity index (χ0n) is 22.0. The Morgan fingerprint density at radius 2 is 2.03 bits per heavy atom. The van der Waals surface area contributed by atoms with Gasteiger partial charge in [-0.1, -0.05) is 24.3 Å². The normalized spacial score (nSPS) is 13.0. The summed E-state index contributed by atoms with van der Waals surface area (Å²) >= 11 is 0. The number of pyridine rings is 1. The number of H-pyrrole nitrogens is 1. The minimum absolute atomic E-state index is 0.175. The van der Waals surface area contributed by atoms with Crippen molar-refractivity contribution < 1.29 is 14.6 Å². The van der Waals surface area contributed by atoms with Gasteiger partial charge in [0.2, 0.25) is 0 Å². The van der Waals surface area contributed by atoms with E-state index in [4.69, 9.17) is 4.74 Å². The van der Waals surface area contributed by atoms with Crippen molar-refractivity contribution in [3.63, 3.8) is 0 Å². The number of aliphatic hydroxyl groups excluding tert-OH is 1. The maximum atomic E-state index is 13.9. The monoisotopic (exact) mass is 521 g/mol. The second kappa shape index (κ2) is 10.3. The van der Waals surface area contributed by atoms with E-state index in [1.54, 1.807) is 13.3 Å². The highest BCUT2D eigenvalue weighted by Crippen LogP contribution is 2.41. The van der Waals surface area contributed by atoms with E-state index in [1.807, 2.05) is 61.8 Å². The number of rotatable bonds is 8. The van der Waals surface area contributed by atoms with Crippen molar-refractivity contribution in [1.29, 1.82) is 0 Å². The van der Waals surface area contributed by atoms with Crippen molar-refractivity contribution in [2.45, 2.75) is 25.4 Å². The summed E-state index contributed by atoms with van der Waals surface area (Å²) in [7, 11) is 3.54. The second-order valence-electron chi connectivity index (χ2n) is 9.78. The van der Waals surface area contributed by atoms with E-state index >= 15 is 0 Å². The van der Waals surface area contributed by atoms with Gasteiger partial charge in [0.15, 0.2) is 0 Å². The van der Waals surface area contributed by atoms with Crippen LogP contribution in [-0.4, -0.2) is 52.4 Å². The van der Waals surface area contributed by atoms with Gasteiger partial charge in [-0.3, -0.25) is 9.78 Å². The standard InChI is InChI=1S/C31H31N5O3/c1-32-27-15-23-19(14-29(27)39-2)10-12-36-28(23)16-24(30(36)26-9-5-6-11-33-26)31(38)35-21(18-37)13-20-17-34-25-8-4-3-7-22(20)25/h3-9,11,14-17,21,32,34,37H,10,12-13,18H2,1-2H3,(H,35,38). The minimum Gasteiger partial charge on any atom is -0.495 e. The number of nitrogens with zero attached hydrogens (tertiary/aromatic N) is 2. The fourth-order valence-corrected chi connectivity index (χ4v) is 5.61. The SMILES string of the molecule is CNc1cc2c(cc1OC)CCn1c-2cc(C(=O)NC(CO)Cc2c[nH]c3ccccc23)c1-c1ccccn1. The molecule has 5 aromatic rings. The van der Waals surface area contributed by atoms with Crippen LogP contribution < -0.4 is 15.4 Å². The summed E-state index contributed by atoms with van der Waals surface area (Å²) in [5.41, 5.74) is 8.20. The summed E-state index contributed by atoms with van der Waals surface area (Å²) in [6, 6.07) is 19.4. The molecule has 1 atom stereocenters. The van der Waals surface area contributed by atoms with Gasteiger partial charge in [0.05, 0.1) is 42.4 Å². The molecule has 3 aromatic heterocycles. The number of fused-ring (bicyclic) bond motifs is 4. The van der Waals surface area contributed by atoms with Gasteiger partial charge in [0.1, 0.15) is 5.75 Å². The first kappa shape index (κ1) is 24.8. The van der Waals surface area contributed by atoms with Crippen molar-refractivity contribution in [3.05, 3.63) is 89.7 Å². The number of nitrogens with one attached hydrogen (secondary N) is 3. The lowest BCUT2D eigenvalue weighted by atomic mass is 9.97. The smallest absolute Gasteiger partial charge is 0.253 e. The van der Waals surface area contributed by atoms with Crippen LogP contribution in [0.25, 0.3) is 33.5 Å². The van der Waals surface area contributed by atoms with Gasteiger partial charge in [0.25, 0.3) is 5.91 Å². The molecule has 1 aliphatic rings. The van der Waals surface area contributed by atoms with E-state index in [1.165, 1.54) is 5.56 Å². The Labute approximate surface area is 226 Å². The number of carbonyl (C=O) groups excluding carboxylic acids is 1. The summed E-state index contributed by atoms with van der Waals surface area (Å²) < 4.78 is 7.76. The van der Waals surface area contributed by atoms with Gasteiger partial charge in [-0.2, -0.15) is 0 Å². The number of amides is 1. The van der Waals surface area contributed by atoms with Crippen molar-refractivity contribution in [2.75, 3.05) is 26.1 Å². The molecule has 8 heteroatoms. The zero-order valence-corrected chi connectivity index (χ0v) is 22.0. The van der Waals surface area contributed by atoms with Gasteiger partial charge >= 0.3 is 0 Å². The first-order chi connectivity index (χ1) is 19.1. The molecule has 1 amide bonds. The Bertz CT molecular complexity index is 1650. The Morgan fingerprint density at radius 3 is 2.79 bits per heavy atom. The first-order valence-corrected chi connectivity index (χ1v) is 13.1. The molecule has 1 unspecified atom stereocenters. The Hall–Kier alpha value is -4.56.